The quantitative estimate of drug-likeness (QED) is 0.787. The minimum atomic E-state index is -4.31. The van der Waals surface area contributed by atoms with Gasteiger partial charge in [0.15, 0.2) is 5.78 Å². The summed E-state index contributed by atoms with van der Waals surface area (Å²) in [7, 11) is 1.39. The van der Waals surface area contributed by atoms with Gasteiger partial charge in [-0.05, 0) is 0 Å². The summed E-state index contributed by atoms with van der Waals surface area (Å²) < 4.78 is 36.8. The molecule has 21 heavy (non-hydrogen) atoms. The Bertz CT molecular complexity index is 555. The number of hydrogen-bond acceptors (Lipinski definition) is 5. The molecule has 1 aromatic heterocycles. The zero-order valence-corrected chi connectivity index (χ0v) is 12.4. The number of ketones is 1. The Hall–Kier alpha value is -1.77. The number of halogens is 3. The number of anilines is 2. The number of primary amides is 1. The number of amides is 1. The number of nitrogen functional groups attached to an aromatic ring is 1. The van der Waals surface area contributed by atoms with Gasteiger partial charge in [-0.3, -0.25) is 9.59 Å². The molecule has 0 saturated carbocycles. The molecule has 0 aliphatic heterocycles. The standard InChI is InChI=1S/C12H16F3N3O2S/c1-3-6(19)9-8(16)7(10(17)20)11(21-9)18(2)5-4-12(13,14)15/h3-5,16H2,1-2H3,(H2,17,20). The Kier molecular flexibility index (Phi) is 5.21. The Morgan fingerprint density at radius 1 is 1.33 bits per heavy atom. The molecular weight excluding hydrogens is 307 g/mol. The van der Waals surface area contributed by atoms with Gasteiger partial charge in [-0.1, -0.05) is 6.92 Å². The number of thiophene rings is 1. The zero-order valence-electron chi connectivity index (χ0n) is 11.6. The van der Waals surface area contributed by atoms with Gasteiger partial charge in [-0.15, -0.1) is 11.3 Å². The molecule has 9 heteroatoms. The van der Waals surface area contributed by atoms with Crippen molar-refractivity contribution in [1.29, 1.82) is 0 Å². The molecule has 1 aromatic rings. The average molecular weight is 323 g/mol. The molecule has 0 aromatic carbocycles. The number of carbonyl (C=O) groups excluding carboxylic acids is 2. The first-order valence-corrected chi connectivity index (χ1v) is 6.93. The van der Waals surface area contributed by atoms with E-state index >= 15 is 0 Å². The van der Waals surface area contributed by atoms with Gasteiger partial charge in [-0.2, -0.15) is 13.2 Å². The predicted octanol–water partition coefficient (Wildman–Crippen LogP) is 2.41. The molecule has 0 saturated heterocycles. The third-order valence-electron chi connectivity index (χ3n) is 2.82. The minimum Gasteiger partial charge on any atom is -0.397 e. The summed E-state index contributed by atoms with van der Waals surface area (Å²) in [5.74, 6) is -1.15. The summed E-state index contributed by atoms with van der Waals surface area (Å²) in [5, 5.41) is 0.182. The summed E-state index contributed by atoms with van der Waals surface area (Å²) >= 11 is 0.889. The van der Waals surface area contributed by atoms with Gasteiger partial charge < -0.3 is 16.4 Å². The van der Waals surface area contributed by atoms with Gasteiger partial charge >= 0.3 is 6.18 Å². The highest BCUT2D eigenvalue weighted by molar-refractivity contribution is 7.19. The number of rotatable bonds is 6. The van der Waals surface area contributed by atoms with Crippen LogP contribution in [0, 0.1) is 0 Å². The highest BCUT2D eigenvalue weighted by Gasteiger charge is 2.30. The molecule has 0 spiro atoms. The molecule has 0 aliphatic carbocycles. The van der Waals surface area contributed by atoms with Crippen molar-refractivity contribution in [2.45, 2.75) is 25.9 Å². The van der Waals surface area contributed by atoms with Crippen molar-refractivity contribution in [1.82, 2.24) is 0 Å². The number of carbonyl (C=O) groups is 2. The summed E-state index contributed by atoms with van der Waals surface area (Å²) in [6, 6.07) is 0. The lowest BCUT2D eigenvalue weighted by Crippen LogP contribution is -2.25. The molecule has 1 amide bonds. The lowest BCUT2D eigenvalue weighted by molar-refractivity contribution is -0.132. The third-order valence-corrected chi connectivity index (χ3v) is 4.19. The average Bonchev–Trinajstić information content (AvgIpc) is 2.72. The number of hydrogen-bond donors (Lipinski definition) is 2. The smallest absolute Gasteiger partial charge is 0.390 e. The topological polar surface area (TPSA) is 89.4 Å². The monoisotopic (exact) mass is 323 g/mol. The molecule has 5 nitrogen and oxygen atoms in total. The molecule has 1 heterocycles. The van der Waals surface area contributed by atoms with Gasteiger partial charge in [0.05, 0.1) is 22.5 Å². The lowest BCUT2D eigenvalue weighted by Gasteiger charge is -2.19. The molecule has 0 atom stereocenters. The van der Waals surface area contributed by atoms with Crippen LogP contribution in [0.25, 0.3) is 0 Å². The molecule has 1 rings (SSSR count). The van der Waals surface area contributed by atoms with Crippen molar-refractivity contribution >= 4 is 33.7 Å². The summed E-state index contributed by atoms with van der Waals surface area (Å²) in [6.07, 6.45) is -5.18. The molecule has 0 fully saturated rings. The van der Waals surface area contributed by atoms with Crippen LogP contribution < -0.4 is 16.4 Å². The van der Waals surface area contributed by atoms with E-state index in [2.05, 4.69) is 0 Å². The highest BCUT2D eigenvalue weighted by Crippen LogP contribution is 2.38. The Balaban J connectivity index is 3.16. The van der Waals surface area contributed by atoms with Crippen LogP contribution in [0.4, 0.5) is 23.9 Å². The molecule has 0 bridgehead atoms. The fourth-order valence-electron chi connectivity index (χ4n) is 1.70. The number of nitrogens with two attached hydrogens (primary N) is 2. The van der Waals surface area contributed by atoms with E-state index in [-0.39, 0.29) is 39.9 Å². The van der Waals surface area contributed by atoms with Crippen LogP contribution in [-0.2, 0) is 0 Å². The maximum Gasteiger partial charge on any atom is 0.390 e. The highest BCUT2D eigenvalue weighted by atomic mass is 32.1. The SMILES string of the molecule is CCC(=O)c1sc(N(C)CCC(F)(F)F)c(C(N)=O)c1N. The van der Waals surface area contributed by atoms with Crippen LogP contribution in [0.1, 0.15) is 39.8 Å². The second-order valence-corrected chi connectivity index (χ2v) is 5.45. The molecule has 0 aliphatic rings. The first-order chi connectivity index (χ1) is 9.58. The van der Waals surface area contributed by atoms with Crippen LogP contribution >= 0.6 is 11.3 Å². The zero-order chi connectivity index (χ0) is 16.4. The van der Waals surface area contributed by atoms with Crippen LogP contribution in [0.3, 0.4) is 0 Å². The fraction of sp³-hybridized carbons (Fsp3) is 0.500. The fourth-order valence-corrected chi connectivity index (χ4v) is 2.93. The minimum absolute atomic E-state index is 0.0618. The second-order valence-electron chi connectivity index (χ2n) is 4.45. The van der Waals surface area contributed by atoms with Crippen molar-refractivity contribution in [3.05, 3.63) is 10.4 Å². The van der Waals surface area contributed by atoms with E-state index in [1.165, 1.54) is 11.9 Å². The van der Waals surface area contributed by atoms with Crippen molar-refractivity contribution < 1.29 is 22.8 Å². The van der Waals surface area contributed by atoms with E-state index in [0.29, 0.717) is 0 Å². The molecule has 4 N–H and O–H groups in total. The molecule has 118 valence electrons. The Morgan fingerprint density at radius 2 is 1.90 bits per heavy atom. The summed E-state index contributed by atoms with van der Waals surface area (Å²) in [6.45, 7) is 1.27. The number of nitrogens with zero attached hydrogens (tertiary/aromatic N) is 1. The van der Waals surface area contributed by atoms with Crippen molar-refractivity contribution in [2.24, 2.45) is 5.73 Å². The van der Waals surface area contributed by atoms with Crippen molar-refractivity contribution in [2.75, 3.05) is 24.2 Å². The Morgan fingerprint density at radius 3 is 2.33 bits per heavy atom. The Labute approximate surface area is 123 Å². The van der Waals surface area contributed by atoms with Crippen molar-refractivity contribution in [3.63, 3.8) is 0 Å². The van der Waals surface area contributed by atoms with Crippen LogP contribution in [-0.4, -0.2) is 31.5 Å². The van der Waals surface area contributed by atoms with E-state index in [4.69, 9.17) is 11.5 Å². The maximum absolute atomic E-state index is 12.3. The predicted molar refractivity (Wildman–Crippen MR) is 75.8 cm³/mol. The van der Waals surface area contributed by atoms with E-state index in [1.807, 2.05) is 0 Å². The maximum atomic E-state index is 12.3. The summed E-state index contributed by atoms with van der Waals surface area (Å²) in [4.78, 5) is 24.6. The molecule has 0 radical (unpaired) electrons. The largest absolute Gasteiger partial charge is 0.397 e. The first-order valence-electron chi connectivity index (χ1n) is 6.11. The van der Waals surface area contributed by atoms with Gasteiger partial charge in [0.1, 0.15) is 5.00 Å². The van der Waals surface area contributed by atoms with Gasteiger partial charge in [0.25, 0.3) is 5.91 Å². The second kappa shape index (κ2) is 6.33. The van der Waals surface area contributed by atoms with Crippen molar-refractivity contribution in [3.8, 4) is 0 Å². The van der Waals surface area contributed by atoms with E-state index in [9.17, 15) is 22.8 Å². The number of alkyl halides is 3. The summed E-state index contributed by atoms with van der Waals surface area (Å²) in [5.41, 5.74) is 10.8. The van der Waals surface area contributed by atoms with Crippen LogP contribution in [0.15, 0.2) is 0 Å². The number of Topliss-reactive ketones (excluding diaryl/α,β-unsaturated/α-hetero) is 1. The van der Waals surface area contributed by atoms with E-state index < -0.39 is 18.5 Å². The normalized spacial score (nSPS) is 11.5. The first kappa shape index (κ1) is 17.3. The van der Waals surface area contributed by atoms with E-state index in [1.54, 1.807) is 6.92 Å². The van der Waals surface area contributed by atoms with Crippen LogP contribution in [0.5, 0.6) is 0 Å². The lowest BCUT2D eigenvalue weighted by atomic mass is 10.1. The van der Waals surface area contributed by atoms with Gasteiger partial charge in [0, 0.05) is 20.0 Å². The van der Waals surface area contributed by atoms with Crippen LogP contribution in [0.2, 0.25) is 0 Å². The molecule has 0 unspecified atom stereocenters. The third kappa shape index (κ3) is 4.10. The van der Waals surface area contributed by atoms with Gasteiger partial charge in [-0.25, -0.2) is 0 Å². The van der Waals surface area contributed by atoms with Gasteiger partial charge in [0.2, 0.25) is 0 Å². The molecular formula is C12H16F3N3O2S. The van der Waals surface area contributed by atoms with E-state index in [0.717, 1.165) is 11.3 Å².